The summed E-state index contributed by atoms with van der Waals surface area (Å²) in [6, 6.07) is 2.22. The van der Waals surface area contributed by atoms with Crippen molar-refractivity contribution in [1.29, 1.82) is 0 Å². The van der Waals surface area contributed by atoms with Crippen LogP contribution in [0, 0.1) is 0 Å². The number of sulfone groups is 1. The predicted octanol–water partition coefficient (Wildman–Crippen LogP) is 0.437. The first-order chi connectivity index (χ1) is 11.9. The van der Waals surface area contributed by atoms with E-state index in [1.165, 1.54) is 12.0 Å². The van der Waals surface area contributed by atoms with Crippen LogP contribution >= 0.6 is 0 Å². The third kappa shape index (κ3) is 3.74. The van der Waals surface area contributed by atoms with Crippen LogP contribution in [0.4, 0.5) is 10.5 Å². The molecule has 0 unspecified atom stereocenters. The Balaban J connectivity index is 1.80. The monoisotopic (exact) mass is 372 g/mol. The zero-order valence-corrected chi connectivity index (χ0v) is 14.5. The standard InChI is InChI=1S/C15H20N2O7S/c1-22-12-7-14-13(23-9-24-14)6-11(12)16-15(19)17(3-4-18)10-2-5-25(20,21)8-10/h6-7,10,18H,2-5,8-9H2,1H3,(H,16,19)/t10-/m0/s1. The van der Waals surface area contributed by atoms with Gasteiger partial charge in [-0.3, -0.25) is 0 Å². The van der Waals surface area contributed by atoms with Gasteiger partial charge in [-0.05, 0) is 6.42 Å². The third-order valence-corrected chi connectivity index (χ3v) is 5.94. The van der Waals surface area contributed by atoms with E-state index in [-0.39, 0.29) is 31.5 Å². The van der Waals surface area contributed by atoms with E-state index in [4.69, 9.17) is 14.2 Å². The Hall–Kier alpha value is -2.20. The number of aliphatic hydroxyl groups excluding tert-OH is 1. The van der Waals surface area contributed by atoms with Crippen molar-refractivity contribution in [2.24, 2.45) is 0 Å². The van der Waals surface area contributed by atoms with E-state index >= 15 is 0 Å². The number of carbonyl (C=O) groups is 1. The van der Waals surface area contributed by atoms with E-state index in [9.17, 15) is 18.3 Å². The molecule has 1 fully saturated rings. The number of amides is 2. The molecule has 0 saturated carbocycles. The number of nitrogens with one attached hydrogen (secondary N) is 1. The Morgan fingerprint density at radius 1 is 1.40 bits per heavy atom. The molecule has 138 valence electrons. The molecule has 1 atom stereocenters. The van der Waals surface area contributed by atoms with Gasteiger partial charge in [0.2, 0.25) is 6.79 Å². The summed E-state index contributed by atoms with van der Waals surface area (Å²) in [6.07, 6.45) is 0.355. The van der Waals surface area contributed by atoms with Gasteiger partial charge in [-0.25, -0.2) is 13.2 Å². The molecule has 25 heavy (non-hydrogen) atoms. The van der Waals surface area contributed by atoms with Gasteiger partial charge in [0.1, 0.15) is 5.75 Å². The highest BCUT2D eigenvalue weighted by molar-refractivity contribution is 7.91. The fourth-order valence-corrected chi connectivity index (χ4v) is 4.69. The number of aliphatic hydroxyl groups is 1. The normalized spacial score (nSPS) is 20.3. The average molecular weight is 372 g/mol. The molecule has 10 heteroatoms. The van der Waals surface area contributed by atoms with Gasteiger partial charge < -0.3 is 29.5 Å². The fraction of sp³-hybridized carbons (Fsp3) is 0.533. The Bertz CT molecular complexity index is 765. The summed E-state index contributed by atoms with van der Waals surface area (Å²) in [7, 11) is -1.69. The number of urea groups is 1. The predicted molar refractivity (Wildman–Crippen MR) is 89.0 cm³/mol. The summed E-state index contributed by atoms with van der Waals surface area (Å²) in [5, 5.41) is 11.9. The molecule has 3 rings (SSSR count). The number of hydrogen-bond acceptors (Lipinski definition) is 7. The second kappa shape index (κ2) is 6.96. The molecule has 9 nitrogen and oxygen atoms in total. The Morgan fingerprint density at radius 2 is 2.12 bits per heavy atom. The maximum absolute atomic E-state index is 12.7. The van der Waals surface area contributed by atoms with E-state index in [1.54, 1.807) is 12.1 Å². The fourth-order valence-electron chi connectivity index (χ4n) is 2.96. The number of methoxy groups -OCH3 is 1. The van der Waals surface area contributed by atoms with Crippen LogP contribution in [0.5, 0.6) is 17.2 Å². The van der Waals surface area contributed by atoms with E-state index < -0.39 is 21.9 Å². The maximum Gasteiger partial charge on any atom is 0.322 e. The molecule has 2 aliphatic heterocycles. The summed E-state index contributed by atoms with van der Waals surface area (Å²) in [6.45, 7) is -0.131. The highest BCUT2D eigenvalue weighted by Gasteiger charge is 2.34. The first-order valence-electron chi connectivity index (χ1n) is 7.80. The molecule has 2 N–H and O–H groups in total. The number of carbonyl (C=O) groups excluding carboxylic acids is 1. The van der Waals surface area contributed by atoms with Crippen molar-refractivity contribution in [3.05, 3.63) is 12.1 Å². The van der Waals surface area contributed by atoms with Crippen molar-refractivity contribution >= 4 is 21.6 Å². The highest BCUT2D eigenvalue weighted by Crippen LogP contribution is 2.40. The van der Waals surface area contributed by atoms with Crippen molar-refractivity contribution in [3.63, 3.8) is 0 Å². The first-order valence-corrected chi connectivity index (χ1v) is 9.62. The Kier molecular flexibility index (Phi) is 4.91. The van der Waals surface area contributed by atoms with Crippen molar-refractivity contribution in [2.45, 2.75) is 12.5 Å². The molecule has 0 radical (unpaired) electrons. The molecular weight excluding hydrogens is 352 g/mol. The molecule has 2 amide bonds. The molecule has 1 aromatic rings. The van der Waals surface area contributed by atoms with Gasteiger partial charge in [0.15, 0.2) is 21.3 Å². The minimum absolute atomic E-state index is 0.0406. The van der Waals surface area contributed by atoms with Crippen molar-refractivity contribution < 1.29 is 32.5 Å². The van der Waals surface area contributed by atoms with Crippen LogP contribution in [-0.2, 0) is 9.84 Å². The van der Waals surface area contributed by atoms with Gasteiger partial charge in [0.05, 0.1) is 30.9 Å². The van der Waals surface area contributed by atoms with Crippen LogP contribution < -0.4 is 19.5 Å². The Labute approximate surface area is 145 Å². The number of nitrogens with zero attached hydrogens (tertiary/aromatic N) is 1. The van der Waals surface area contributed by atoms with Gasteiger partial charge in [-0.1, -0.05) is 0 Å². The molecule has 2 heterocycles. The molecular formula is C15H20N2O7S. The van der Waals surface area contributed by atoms with Crippen molar-refractivity contribution in [1.82, 2.24) is 4.90 Å². The van der Waals surface area contributed by atoms with Gasteiger partial charge >= 0.3 is 6.03 Å². The van der Waals surface area contributed by atoms with Crippen LogP contribution in [0.1, 0.15) is 6.42 Å². The number of ether oxygens (including phenoxy) is 3. The molecule has 2 aliphatic rings. The minimum Gasteiger partial charge on any atom is -0.494 e. The lowest BCUT2D eigenvalue weighted by Gasteiger charge is -2.28. The number of anilines is 1. The van der Waals surface area contributed by atoms with Crippen molar-refractivity contribution in [3.8, 4) is 17.2 Å². The second-order valence-corrected chi connectivity index (χ2v) is 8.04. The van der Waals surface area contributed by atoms with Gasteiger partial charge in [-0.15, -0.1) is 0 Å². The zero-order valence-electron chi connectivity index (χ0n) is 13.7. The molecule has 0 aromatic heterocycles. The summed E-state index contributed by atoms with van der Waals surface area (Å²) in [5.41, 5.74) is 0.376. The average Bonchev–Trinajstić information content (AvgIpc) is 3.16. The maximum atomic E-state index is 12.7. The highest BCUT2D eigenvalue weighted by atomic mass is 32.2. The molecule has 0 spiro atoms. The minimum atomic E-state index is -3.15. The van der Waals surface area contributed by atoms with E-state index in [1.807, 2.05) is 0 Å². The van der Waals surface area contributed by atoms with Crippen LogP contribution in [0.3, 0.4) is 0 Å². The largest absolute Gasteiger partial charge is 0.494 e. The topological polar surface area (TPSA) is 114 Å². The van der Waals surface area contributed by atoms with Gasteiger partial charge in [0.25, 0.3) is 0 Å². The Morgan fingerprint density at radius 3 is 2.72 bits per heavy atom. The summed E-state index contributed by atoms with van der Waals surface area (Å²) in [4.78, 5) is 14.0. The van der Waals surface area contributed by atoms with E-state index in [0.29, 0.717) is 29.4 Å². The van der Waals surface area contributed by atoms with Crippen molar-refractivity contribution in [2.75, 3.05) is 43.9 Å². The lowest BCUT2D eigenvalue weighted by atomic mass is 10.2. The summed E-state index contributed by atoms with van der Waals surface area (Å²) < 4.78 is 39.2. The third-order valence-electron chi connectivity index (χ3n) is 4.19. The number of hydrogen-bond donors (Lipinski definition) is 2. The number of benzene rings is 1. The lowest BCUT2D eigenvalue weighted by molar-refractivity contribution is 0.168. The lowest BCUT2D eigenvalue weighted by Crippen LogP contribution is -2.45. The van der Waals surface area contributed by atoms with Crippen LogP contribution in [0.15, 0.2) is 12.1 Å². The van der Waals surface area contributed by atoms with E-state index in [0.717, 1.165) is 0 Å². The second-order valence-electron chi connectivity index (χ2n) is 5.81. The van der Waals surface area contributed by atoms with Crippen LogP contribution in [0.2, 0.25) is 0 Å². The summed E-state index contributed by atoms with van der Waals surface area (Å²) in [5.74, 6) is 1.33. The van der Waals surface area contributed by atoms with Gasteiger partial charge in [-0.2, -0.15) is 0 Å². The van der Waals surface area contributed by atoms with Crippen LogP contribution in [0.25, 0.3) is 0 Å². The SMILES string of the molecule is COc1cc2c(cc1NC(=O)N(CCO)[C@H]1CCS(=O)(=O)C1)OCO2. The molecule has 0 bridgehead atoms. The van der Waals surface area contributed by atoms with Gasteiger partial charge in [0, 0.05) is 24.7 Å². The molecule has 1 aromatic carbocycles. The quantitative estimate of drug-likeness (QED) is 0.771. The first kappa shape index (κ1) is 17.6. The number of rotatable bonds is 5. The molecule has 1 saturated heterocycles. The number of fused-ring (bicyclic) bond motifs is 1. The zero-order chi connectivity index (χ0) is 18.0. The van der Waals surface area contributed by atoms with Crippen LogP contribution in [-0.4, -0.2) is 69.1 Å². The summed E-state index contributed by atoms with van der Waals surface area (Å²) >= 11 is 0. The smallest absolute Gasteiger partial charge is 0.322 e. The van der Waals surface area contributed by atoms with E-state index in [2.05, 4.69) is 5.32 Å². The molecule has 0 aliphatic carbocycles.